The van der Waals surface area contributed by atoms with E-state index in [9.17, 15) is 29.1 Å². The van der Waals surface area contributed by atoms with Crippen LogP contribution in [0.3, 0.4) is 0 Å². The second kappa shape index (κ2) is 10.8. The number of carbonyl (C=O) groups excluding carboxylic acids is 5. The summed E-state index contributed by atoms with van der Waals surface area (Å²) in [7, 11) is 0. The Kier molecular flexibility index (Phi) is 7.55. The molecule has 1 saturated heterocycles. The van der Waals surface area contributed by atoms with Crippen molar-refractivity contribution in [1.82, 2.24) is 15.5 Å². The van der Waals surface area contributed by atoms with E-state index in [1.54, 1.807) is 42.5 Å². The van der Waals surface area contributed by atoms with E-state index in [0.29, 0.717) is 22.0 Å². The molecule has 2 aliphatic heterocycles. The van der Waals surface area contributed by atoms with Crippen molar-refractivity contribution in [2.24, 2.45) is 0 Å². The fourth-order valence-electron chi connectivity index (χ4n) is 3.93. The summed E-state index contributed by atoms with van der Waals surface area (Å²) in [5.41, 5.74) is 2.19. The summed E-state index contributed by atoms with van der Waals surface area (Å²) in [5.74, 6) is -2.50. The van der Waals surface area contributed by atoms with Gasteiger partial charge in [0.2, 0.25) is 11.8 Å². The van der Waals surface area contributed by atoms with Gasteiger partial charge in [-0.05, 0) is 48.7 Å². The number of aliphatic hydroxyl groups is 1. The predicted molar refractivity (Wildman–Crippen MR) is 134 cm³/mol. The van der Waals surface area contributed by atoms with Gasteiger partial charge in [-0.2, -0.15) is 0 Å². The van der Waals surface area contributed by atoms with Crippen molar-refractivity contribution in [2.75, 3.05) is 17.2 Å². The highest BCUT2D eigenvalue weighted by molar-refractivity contribution is 6.31. The Morgan fingerprint density at radius 3 is 2.68 bits per heavy atom. The van der Waals surface area contributed by atoms with Gasteiger partial charge in [-0.15, -0.1) is 0 Å². The number of hydrogen-bond acceptors (Lipinski definition) is 7. The zero-order valence-electron chi connectivity index (χ0n) is 19.7. The van der Waals surface area contributed by atoms with Crippen molar-refractivity contribution in [1.29, 1.82) is 0 Å². The number of aryl methyl sites for hydroxylation is 1. The molecule has 6 amide bonds. The second-order valence-electron chi connectivity index (χ2n) is 8.60. The standard InChI is InChI=1S/C25H24ClN5O6/c1-13-5-6-16(10-17(13)26)29-25(37)27-12-20(32)14-3-2-4-15(9-14)28-18-11-22(34)31(24(18)36)19-7-8-21(33)30-23(19)35/h2-6,9-11,19-20,28,32H,7-8,12H2,1H3,(H2,27,29,37)(H,30,33,35). The Morgan fingerprint density at radius 1 is 1.16 bits per heavy atom. The SMILES string of the molecule is Cc1ccc(NC(=O)NCC(O)c2cccc(NC3=CC(=O)N(C4CCC(=O)NC4=O)C3=O)c2)cc1Cl. The third kappa shape index (κ3) is 5.96. The number of carbonyl (C=O) groups is 5. The Hall–Kier alpha value is -4.22. The first-order chi connectivity index (χ1) is 17.6. The molecule has 192 valence electrons. The van der Waals surface area contributed by atoms with Gasteiger partial charge in [0.15, 0.2) is 0 Å². The molecule has 0 bridgehead atoms. The van der Waals surface area contributed by atoms with E-state index in [1.165, 1.54) is 0 Å². The lowest BCUT2D eigenvalue weighted by atomic mass is 10.0. The Balaban J connectivity index is 1.35. The van der Waals surface area contributed by atoms with Crippen LogP contribution < -0.4 is 21.3 Å². The molecule has 0 saturated carbocycles. The van der Waals surface area contributed by atoms with Gasteiger partial charge in [0.05, 0.1) is 6.10 Å². The van der Waals surface area contributed by atoms with E-state index >= 15 is 0 Å². The molecule has 1 fully saturated rings. The Labute approximate surface area is 216 Å². The molecule has 11 nitrogen and oxygen atoms in total. The second-order valence-corrected chi connectivity index (χ2v) is 9.01. The topological polar surface area (TPSA) is 157 Å². The molecule has 2 unspecified atom stereocenters. The van der Waals surface area contributed by atoms with Crippen LogP contribution in [0.1, 0.15) is 30.1 Å². The minimum Gasteiger partial charge on any atom is -0.387 e. The minimum absolute atomic E-state index is 0.0288. The number of aliphatic hydroxyl groups excluding tert-OH is 1. The van der Waals surface area contributed by atoms with Gasteiger partial charge in [-0.25, -0.2) is 4.79 Å². The summed E-state index contributed by atoms with van der Waals surface area (Å²) in [5, 5.41) is 21.3. The highest BCUT2D eigenvalue weighted by Crippen LogP contribution is 2.24. The van der Waals surface area contributed by atoms with Crippen LogP contribution in [0.5, 0.6) is 0 Å². The van der Waals surface area contributed by atoms with Crippen LogP contribution in [-0.2, 0) is 19.2 Å². The number of anilines is 2. The normalized spacial score (nSPS) is 18.3. The molecule has 12 heteroatoms. The van der Waals surface area contributed by atoms with Gasteiger partial charge < -0.3 is 21.1 Å². The highest BCUT2D eigenvalue weighted by atomic mass is 35.5. The first kappa shape index (κ1) is 25.9. The van der Waals surface area contributed by atoms with E-state index in [-0.39, 0.29) is 25.1 Å². The number of nitrogens with one attached hydrogen (secondary N) is 4. The zero-order chi connectivity index (χ0) is 26.7. The highest BCUT2D eigenvalue weighted by Gasteiger charge is 2.42. The van der Waals surface area contributed by atoms with Crippen molar-refractivity contribution < 1.29 is 29.1 Å². The number of nitrogens with zero attached hydrogens (tertiary/aromatic N) is 1. The first-order valence-electron chi connectivity index (χ1n) is 11.4. The largest absolute Gasteiger partial charge is 0.387 e. The van der Waals surface area contributed by atoms with Gasteiger partial charge in [-0.3, -0.25) is 29.4 Å². The quantitative estimate of drug-likeness (QED) is 0.346. The lowest BCUT2D eigenvalue weighted by molar-refractivity contribution is -0.149. The molecular weight excluding hydrogens is 502 g/mol. The van der Waals surface area contributed by atoms with Gasteiger partial charge in [-0.1, -0.05) is 29.8 Å². The third-order valence-electron chi connectivity index (χ3n) is 5.91. The molecular formula is C25H24ClN5O6. The molecule has 2 aliphatic rings. The molecule has 2 atom stereocenters. The number of urea groups is 1. The summed E-state index contributed by atoms with van der Waals surface area (Å²) in [6, 6.07) is 9.98. The van der Waals surface area contributed by atoms with Crippen LogP contribution in [0.15, 0.2) is 54.2 Å². The van der Waals surface area contributed by atoms with Gasteiger partial charge in [0.25, 0.3) is 11.8 Å². The number of halogens is 1. The Bertz CT molecular complexity index is 1330. The summed E-state index contributed by atoms with van der Waals surface area (Å²) < 4.78 is 0. The molecule has 2 heterocycles. The third-order valence-corrected chi connectivity index (χ3v) is 6.32. The lowest BCUT2D eigenvalue weighted by Crippen LogP contribution is -2.54. The Morgan fingerprint density at radius 2 is 1.95 bits per heavy atom. The van der Waals surface area contributed by atoms with Crippen LogP contribution in [-0.4, -0.2) is 52.3 Å². The fraction of sp³-hybridized carbons (Fsp3) is 0.240. The van der Waals surface area contributed by atoms with Gasteiger partial charge in [0, 0.05) is 35.4 Å². The van der Waals surface area contributed by atoms with E-state index in [4.69, 9.17) is 11.6 Å². The van der Waals surface area contributed by atoms with E-state index in [1.807, 2.05) is 6.92 Å². The molecule has 2 aromatic carbocycles. The van der Waals surface area contributed by atoms with Crippen LogP contribution >= 0.6 is 11.6 Å². The van der Waals surface area contributed by atoms with Crippen LogP contribution in [0.2, 0.25) is 5.02 Å². The van der Waals surface area contributed by atoms with E-state index < -0.39 is 41.8 Å². The average molecular weight is 526 g/mol. The molecule has 0 aromatic heterocycles. The molecule has 5 N–H and O–H groups in total. The number of amides is 6. The summed E-state index contributed by atoms with van der Waals surface area (Å²) in [4.78, 5) is 61.8. The monoisotopic (exact) mass is 525 g/mol. The fourth-order valence-corrected chi connectivity index (χ4v) is 4.11. The van der Waals surface area contributed by atoms with E-state index in [2.05, 4.69) is 21.3 Å². The van der Waals surface area contributed by atoms with Crippen molar-refractivity contribution >= 4 is 52.6 Å². The maximum Gasteiger partial charge on any atom is 0.319 e. The molecule has 0 spiro atoms. The van der Waals surface area contributed by atoms with Crippen molar-refractivity contribution in [3.63, 3.8) is 0 Å². The molecule has 37 heavy (non-hydrogen) atoms. The summed E-state index contributed by atoms with van der Waals surface area (Å²) in [6.45, 7) is 1.75. The minimum atomic E-state index is -1.07. The number of benzene rings is 2. The van der Waals surface area contributed by atoms with Gasteiger partial charge >= 0.3 is 6.03 Å². The number of hydrogen-bond donors (Lipinski definition) is 5. The van der Waals surface area contributed by atoms with Gasteiger partial charge in [0.1, 0.15) is 11.7 Å². The van der Waals surface area contributed by atoms with Crippen molar-refractivity contribution in [3.05, 3.63) is 70.4 Å². The zero-order valence-corrected chi connectivity index (χ0v) is 20.5. The smallest absolute Gasteiger partial charge is 0.319 e. The number of piperidine rings is 1. The van der Waals surface area contributed by atoms with Crippen LogP contribution in [0.25, 0.3) is 0 Å². The van der Waals surface area contributed by atoms with E-state index in [0.717, 1.165) is 16.5 Å². The molecule has 2 aromatic rings. The molecule has 0 aliphatic carbocycles. The van der Waals surface area contributed by atoms with Crippen LogP contribution in [0, 0.1) is 6.92 Å². The predicted octanol–water partition coefficient (Wildman–Crippen LogP) is 1.97. The number of imide groups is 2. The maximum atomic E-state index is 12.8. The number of rotatable bonds is 7. The molecule has 0 radical (unpaired) electrons. The maximum absolute atomic E-state index is 12.8. The lowest BCUT2D eigenvalue weighted by Gasteiger charge is -2.28. The summed E-state index contributed by atoms with van der Waals surface area (Å²) in [6.07, 6.45) is 0.103. The first-order valence-corrected chi connectivity index (χ1v) is 11.8. The molecule has 4 rings (SSSR count). The van der Waals surface area contributed by atoms with Crippen molar-refractivity contribution in [3.8, 4) is 0 Å². The van der Waals surface area contributed by atoms with Crippen molar-refractivity contribution in [2.45, 2.75) is 31.9 Å². The van der Waals surface area contributed by atoms with Crippen LogP contribution in [0.4, 0.5) is 16.2 Å². The average Bonchev–Trinajstić information content (AvgIpc) is 3.12. The summed E-state index contributed by atoms with van der Waals surface area (Å²) >= 11 is 6.06.